The molecule has 0 saturated carbocycles. The summed E-state index contributed by atoms with van der Waals surface area (Å²) >= 11 is 6.16. The molecule has 2 aromatic carbocycles. The Hall–Kier alpha value is -2.92. The molecular formula is C19H16ClNO4. The predicted octanol–water partition coefficient (Wildman–Crippen LogP) is 4.87. The van der Waals surface area contributed by atoms with Crippen LogP contribution in [0.1, 0.15) is 10.6 Å². The number of ether oxygens (including phenoxy) is 2. The molecule has 1 N–H and O–H groups in total. The number of hydrogen-bond acceptors (Lipinski definition) is 4. The number of methoxy groups -OCH3 is 2. The number of furan rings is 1. The average Bonchev–Trinajstić information content (AvgIpc) is 3.12. The number of halogens is 1. The van der Waals surface area contributed by atoms with Gasteiger partial charge in [0, 0.05) is 11.6 Å². The lowest BCUT2D eigenvalue weighted by Gasteiger charge is -2.10. The van der Waals surface area contributed by atoms with E-state index in [1.54, 1.807) is 43.5 Å². The summed E-state index contributed by atoms with van der Waals surface area (Å²) < 4.78 is 16.1. The topological polar surface area (TPSA) is 60.7 Å². The Balaban J connectivity index is 1.85. The Morgan fingerprint density at radius 2 is 1.84 bits per heavy atom. The third-order valence-electron chi connectivity index (χ3n) is 3.62. The van der Waals surface area contributed by atoms with Crippen molar-refractivity contribution in [3.05, 3.63) is 65.4 Å². The fraction of sp³-hybridized carbons (Fsp3) is 0.105. The van der Waals surface area contributed by atoms with Crippen molar-refractivity contribution in [3.8, 4) is 22.8 Å². The second kappa shape index (κ2) is 7.32. The number of carbonyl (C=O) groups excluding carboxylic acids is 1. The second-order valence-corrected chi connectivity index (χ2v) is 5.57. The molecule has 0 unspecified atom stereocenters. The molecule has 0 aliphatic heterocycles. The summed E-state index contributed by atoms with van der Waals surface area (Å²) in [5.74, 6) is 1.41. The SMILES string of the molecule is COc1ccc(OC)c(NC(=O)c2ccc(-c3ccccc3Cl)o2)c1. The molecule has 3 aromatic rings. The van der Waals surface area contributed by atoms with Gasteiger partial charge < -0.3 is 19.2 Å². The fourth-order valence-electron chi connectivity index (χ4n) is 2.36. The highest BCUT2D eigenvalue weighted by Gasteiger charge is 2.16. The first-order valence-electron chi connectivity index (χ1n) is 7.50. The van der Waals surface area contributed by atoms with E-state index >= 15 is 0 Å². The van der Waals surface area contributed by atoms with Gasteiger partial charge in [-0.05, 0) is 36.4 Å². The molecule has 6 heteroatoms. The minimum Gasteiger partial charge on any atom is -0.497 e. The molecule has 0 spiro atoms. The van der Waals surface area contributed by atoms with Gasteiger partial charge in [-0.2, -0.15) is 0 Å². The summed E-state index contributed by atoms with van der Waals surface area (Å²) in [6, 6.07) is 15.7. The van der Waals surface area contributed by atoms with Gasteiger partial charge >= 0.3 is 0 Å². The van der Waals surface area contributed by atoms with Crippen molar-refractivity contribution >= 4 is 23.2 Å². The fourth-order valence-corrected chi connectivity index (χ4v) is 2.59. The molecule has 0 radical (unpaired) electrons. The smallest absolute Gasteiger partial charge is 0.291 e. The number of benzene rings is 2. The molecule has 0 saturated heterocycles. The monoisotopic (exact) mass is 357 g/mol. The number of hydrogen-bond donors (Lipinski definition) is 1. The maximum absolute atomic E-state index is 12.5. The zero-order valence-corrected chi connectivity index (χ0v) is 14.5. The molecule has 128 valence electrons. The second-order valence-electron chi connectivity index (χ2n) is 5.16. The number of amides is 1. The number of rotatable bonds is 5. The quantitative estimate of drug-likeness (QED) is 0.707. The number of carbonyl (C=O) groups is 1. The maximum Gasteiger partial charge on any atom is 0.291 e. The normalized spacial score (nSPS) is 10.4. The number of nitrogens with one attached hydrogen (secondary N) is 1. The van der Waals surface area contributed by atoms with Crippen LogP contribution in [0.15, 0.2) is 59.0 Å². The maximum atomic E-state index is 12.5. The molecule has 3 rings (SSSR count). The Morgan fingerprint density at radius 1 is 1.04 bits per heavy atom. The van der Waals surface area contributed by atoms with Crippen LogP contribution in [0.25, 0.3) is 11.3 Å². The van der Waals surface area contributed by atoms with Crippen LogP contribution >= 0.6 is 11.6 Å². The molecule has 0 aliphatic rings. The van der Waals surface area contributed by atoms with E-state index in [9.17, 15) is 4.79 Å². The van der Waals surface area contributed by atoms with E-state index in [1.807, 2.05) is 18.2 Å². The van der Waals surface area contributed by atoms with Crippen LogP contribution in [0, 0.1) is 0 Å². The average molecular weight is 358 g/mol. The highest BCUT2D eigenvalue weighted by molar-refractivity contribution is 6.33. The minimum atomic E-state index is -0.398. The van der Waals surface area contributed by atoms with Gasteiger partial charge in [-0.15, -0.1) is 0 Å². The third-order valence-corrected chi connectivity index (χ3v) is 3.95. The minimum absolute atomic E-state index is 0.166. The van der Waals surface area contributed by atoms with Gasteiger partial charge in [-0.25, -0.2) is 0 Å². The van der Waals surface area contributed by atoms with Crippen LogP contribution in [0.3, 0.4) is 0 Å². The van der Waals surface area contributed by atoms with Crippen LogP contribution in [0.4, 0.5) is 5.69 Å². The van der Waals surface area contributed by atoms with Gasteiger partial charge in [-0.3, -0.25) is 4.79 Å². The van der Waals surface area contributed by atoms with Crippen LogP contribution in [-0.2, 0) is 0 Å². The van der Waals surface area contributed by atoms with Crippen LogP contribution in [-0.4, -0.2) is 20.1 Å². The molecule has 5 nitrogen and oxygen atoms in total. The van der Waals surface area contributed by atoms with Crippen molar-refractivity contribution < 1.29 is 18.7 Å². The molecule has 1 aromatic heterocycles. The summed E-state index contributed by atoms with van der Waals surface area (Å²) in [7, 11) is 3.08. The van der Waals surface area contributed by atoms with Crippen LogP contribution in [0.2, 0.25) is 5.02 Å². The number of anilines is 1. The highest BCUT2D eigenvalue weighted by atomic mass is 35.5. The third kappa shape index (κ3) is 3.61. The first-order chi connectivity index (χ1) is 12.1. The van der Waals surface area contributed by atoms with Crippen LogP contribution in [0.5, 0.6) is 11.5 Å². The zero-order valence-electron chi connectivity index (χ0n) is 13.7. The first kappa shape index (κ1) is 16.9. The van der Waals surface area contributed by atoms with Crippen molar-refractivity contribution in [2.45, 2.75) is 0 Å². The molecular weight excluding hydrogens is 342 g/mol. The standard InChI is InChI=1S/C19H16ClNO4/c1-23-12-7-8-17(24-2)15(11-12)21-19(22)18-10-9-16(25-18)13-5-3-4-6-14(13)20/h3-11H,1-2H3,(H,21,22). The molecule has 1 amide bonds. The van der Waals surface area contributed by atoms with E-state index in [0.717, 1.165) is 5.56 Å². The molecule has 1 heterocycles. The van der Waals surface area contributed by atoms with E-state index in [0.29, 0.717) is 28.0 Å². The zero-order chi connectivity index (χ0) is 17.8. The van der Waals surface area contributed by atoms with Gasteiger partial charge in [0.05, 0.1) is 24.9 Å². The summed E-state index contributed by atoms with van der Waals surface area (Å²) in [5, 5.41) is 3.32. The Morgan fingerprint density at radius 3 is 2.56 bits per heavy atom. The van der Waals surface area contributed by atoms with E-state index in [4.69, 9.17) is 25.5 Å². The summed E-state index contributed by atoms with van der Waals surface area (Å²) in [6.07, 6.45) is 0. The molecule has 25 heavy (non-hydrogen) atoms. The Labute approximate surface area is 150 Å². The molecule has 0 atom stereocenters. The summed E-state index contributed by atoms with van der Waals surface area (Å²) in [4.78, 5) is 12.5. The first-order valence-corrected chi connectivity index (χ1v) is 7.88. The van der Waals surface area contributed by atoms with Crippen molar-refractivity contribution in [1.29, 1.82) is 0 Å². The Kier molecular flexibility index (Phi) is 4.95. The van der Waals surface area contributed by atoms with E-state index < -0.39 is 5.91 Å². The lowest BCUT2D eigenvalue weighted by molar-refractivity contribution is 0.0997. The van der Waals surface area contributed by atoms with E-state index in [-0.39, 0.29) is 5.76 Å². The molecule has 0 bridgehead atoms. The van der Waals surface area contributed by atoms with Gasteiger partial charge in [0.25, 0.3) is 5.91 Å². The van der Waals surface area contributed by atoms with Gasteiger partial charge in [0.15, 0.2) is 5.76 Å². The Bertz CT molecular complexity index is 904. The lowest BCUT2D eigenvalue weighted by Crippen LogP contribution is -2.11. The molecule has 0 aliphatic carbocycles. The van der Waals surface area contributed by atoms with Crippen LogP contribution < -0.4 is 14.8 Å². The van der Waals surface area contributed by atoms with E-state index in [2.05, 4.69) is 5.32 Å². The largest absolute Gasteiger partial charge is 0.497 e. The summed E-state index contributed by atoms with van der Waals surface area (Å²) in [6.45, 7) is 0. The van der Waals surface area contributed by atoms with Crippen molar-refractivity contribution in [2.24, 2.45) is 0 Å². The van der Waals surface area contributed by atoms with Gasteiger partial charge in [0.2, 0.25) is 0 Å². The van der Waals surface area contributed by atoms with Gasteiger partial charge in [-0.1, -0.05) is 23.7 Å². The summed E-state index contributed by atoms with van der Waals surface area (Å²) in [5.41, 5.74) is 1.21. The van der Waals surface area contributed by atoms with Gasteiger partial charge in [0.1, 0.15) is 17.3 Å². The van der Waals surface area contributed by atoms with Crippen molar-refractivity contribution in [2.75, 3.05) is 19.5 Å². The molecule has 0 fully saturated rings. The van der Waals surface area contributed by atoms with Crippen molar-refractivity contribution in [3.63, 3.8) is 0 Å². The van der Waals surface area contributed by atoms with Crippen molar-refractivity contribution in [1.82, 2.24) is 0 Å². The van der Waals surface area contributed by atoms with E-state index in [1.165, 1.54) is 7.11 Å². The lowest BCUT2D eigenvalue weighted by atomic mass is 10.2. The highest BCUT2D eigenvalue weighted by Crippen LogP contribution is 2.31. The predicted molar refractivity (Wildman–Crippen MR) is 96.7 cm³/mol.